The number of hydrogen-bond acceptors (Lipinski definition) is 5. The molecule has 6 nitrogen and oxygen atoms in total. The molecule has 2 aromatic rings. The second-order valence-electron chi connectivity index (χ2n) is 5.30. The van der Waals surface area contributed by atoms with Crippen LogP contribution in [0.15, 0.2) is 47.4 Å². The highest BCUT2D eigenvalue weighted by Crippen LogP contribution is 2.27. The van der Waals surface area contributed by atoms with Gasteiger partial charge in [-0.05, 0) is 42.2 Å². The maximum Gasteiger partial charge on any atom is 0.313 e. The van der Waals surface area contributed by atoms with E-state index in [1.54, 1.807) is 36.0 Å². The lowest BCUT2D eigenvalue weighted by Crippen LogP contribution is -2.37. The molecule has 0 saturated heterocycles. The van der Waals surface area contributed by atoms with Gasteiger partial charge in [0.25, 0.3) is 0 Å². The van der Waals surface area contributed by atoms with Crippen molar-refractivity contribution in [3.63, 3.8) is 0 Å². The van der Waals surface area contributed by atoms with Crippen molar-refractivity contribution in [2.45, 2.75) is 11.0 Å². The SMILES string of the molecule is COc1ccc(Cl)cc1NC(=O)C(=O)NC[C@@H](O)c1ccc(SC)cc1. The summed E-state index contributed by atoms with van der Waals surface area (Å²) in [5, 5.41) is 15.4. The van der Waals surface area contributed by atoms with E-state index >= 15 is 0 Å². The molecule has 1 atom stereocenters. The lowest BCUT2D eigenvalue weighted by Gasteiger charge is -2.13. The predicted molar refractivity (Wildman–Crippen MR) is 103 cm³/mol. The van der Waals surface area contributed by atoms with E-state index in [0.717, 1.165) is 4.90 Å². The molecule has 0 aliphatic rings. The molecule has 0 bridgehead atoms. The molecular weight excluding hydrogens is 376 g/mol. The van der Waals surface area contributed by atoms with Crippen molar-refractivity contribution >= 4 is 40.9 Å². The van der Waals surface area contributed by atoms with Crippen LogP contribution in [0.1, 0.15) is 11.7 Å². The van der Waals surface area contributed by atoms with Crippen molar-refractivity contribution in [2.24, 2.45) is 0 Å². The number of carbonyl (C=O) groups excluding carboxylic acids is 2. The number of benzene rings is 2. The lowest BCUT2D eigenvalue weighted by molar-refractivity contribution is -0.136. The molecule has 2 aromatic carbocycles. The zero-order valence-corrected chi connectivity index (χ0v) is 15.9. The first-order chi connectivity index (χ1) is 12.4. The number of thioether (sulfide) groups is 1. The molecule has 26 heavy (non-hydrogen) atoms. The largest absolute Gasteiger partial charge is 0.495 e. The van der Waals surface area contributed by atoms with E-state index in [1.807, 2.05) is 18.4 Å². The first-order valence-corrected chi connectivity index (χ1v) is 9.29. The van der Waals surface area contributed by atoms with Crippen molar-refractivity contribution in [1.29, 1.82) is 0 Å². The summed E-state index contributed by atoms with van der Waals surface area (Å²) in [6, 6.07) is 12.0. The molecule has 0 spiro atoms. The first-order valence-electron chi connectivity index (χ1n) is 7.69. The molecule has 2 rings (SSSR count). The van der Waals surface area contributed by atoms with Gasteiger partial charge in [0, 0.05) is 16.5 Å². The Morgan fingerprint density at radius 3 is 2.50 bits per heavy atom. The minimum atomic E-state index is -0.914. The summed E-state index contributed by atoms with van der Waals surface area (Å²) in [5.74, 6) is -1.37. The average Bonchev–Trinajstić information content (AvgIpc) is 2.66. The van der Waals surface area contributed by atoms with Crippen LogP contribution in [0, 0.1) is 0 Å². The molecule has 0 fully saturated rings. The van der Waals surface area contributed by atoms with E-state index in [9.17, 15) is 14.7 Å². The number of rotatable bonds is 6. The third-order valence-electron chi connectivity index (χ3n) is 3.57. The molecule has 0 aromatic heterocycles. The molecule has 3 N–H and O–H groups in total. The summed E-state index contributed by atoms with van der Waals surface area (Å²) in [4.78, 5) is 25.0. The van der Waals surface area contributed by atoms with E-state index in [0.29, 0.717) is 16.3 Å². The van der Waals surface area contributed by atoms with Crippen LogP contribution < -0.4 is 15.4 Å². The summed E-state index contributed by atoms with van der Waals surface area (Å²) in [6.45, 7) is -0.0858. The van der Waals surface area contributed by atoms with Crippen LogP contribution in [-0.2, 0) is 9.59 Å². The quantitative estimate of drug-likeness (QED) is 0.518. The summed E-state index contributed by atoms with van der Waals surface area (Å²) >= 11 is 7.48. The minimum absolute atomic E-state index is 0.0858. The highest BCUT2D eigenvalue weighted by Gasteiger charge is 2.17. The molecule has 2 amide bonds. The maximum absolute atomic E-state index is 12.0. The number of hydrogen-bond donors (Lipinski definition) is 3. The Balaban J connectivity index is 1.92. The van der Waals surface area contributed by atoms with Gasteiger partial charge in [-0.25, -0.2) is 0 Å². The number of methoxy groups -OCH3 is 1. The minimum Gasteiger partial charge on any atom is -0.495 e. The molecule has 0 aliphatic carbocycles. The van der Waals surface area contributed by atoms with Crippen LogP contribution in [-0.4, -0.2) is 36.8 Å². The number of amides is 2. The summed E-state index contributed by atoms with van der Waals surface area (Å²) < 4.78 is 5.11. The summed E-state index contributed by atoms with van der Waals surface area (Å²) in [7, 11) is 1.44. The van der Waals surface area contributed by atoms with Crippen molar-refractivity contribution in [2.75, 3.05) is 25.2 Å². The van der Waals surface area contributed by atoms with Gasteiger partial charge < -0.3 is 20.5 Å². The van der Waals surface area contributed by atoms with Crippen LogP contribution in [0.4, 0.5) is 5.69 Å². The fourth-order valence-corrected chi connectivity index (χ4v) is 2.75. The zero-order valence-electron chi connectivity index (χ0n) is 14.3. The smallest absolute Gasteiger partial charge is 0.313 e. The van der Waals surface area contributed by atoms with E-state index < -0.39 is 17.9 Å². The Hall–Kier alpha value is -2.22. The van der Waals surface area contributed by atoms with Crippen molar-refractivity contribution in [3.8, 4) is 5.75 Å². The Morgan fingerprint density at radius 1 is 1.19 bits per heavy atom. The van der Waals surface area contributed by atoms with Gasteiger partial charge in [0.15, 0.2) is 0 Å². The van der Waals surface area contributed by atoms with Crippen LogP contribution in [0.25, 0.3) is 0 Å². The highest BCUT2D eigenvalue weighted by molar-refractivity contribution is 7.98. The van der Waals surface area contributed by atoms with Gasteiger partial charge >= 0.3 is 11.8 Å². The topological polar surface area (TPSA) is 87.7 Å². The van der Waals surface area contributed by atoms with Gasteiger partial charge in [0.1, 0.15) is 5.75 Å². The van der Waals surface area contributed by atoms with Gasteiger partial charge in [-0.3, -0.25) is 9.59 Å². The Morgan fingerprint density at radius 2 is 1.88 bits per heavy atom. The van der Waals surface area contributed by atoms with E-state index in [-0.39, 0.29) is 12.2 Å². The van der Waals surface area contributed by atoms with Gasteiger partial charge in [-0.1, -0.05) is 23.7 Å². The van der Waals surface area contributed by atoms with E-state index in [1.165, 1.54) is 13.2 Å². The Labute approximate surface area is 160 Å². The normalized spacial score (nSPS) is 11.5. The molecule has 0 saturated carbocycles. The zero-order chi connectivity index (χ0) is 19.1. The van der Waals surface area contributed by atoms with Crippen molar-refractivity contribution in [1.82, 2.24) is 5.32 Å². The monoisotopic (exact) mass is 394 g/mol. The first kappa shape index (κ1) is 20.1. The number of ether oxygens (including phenoxy) is 1. The number of aliphatic hydroxyl groups excluding tert-OH is 1. The van der Waals surface area contributed by atoms with Crippen LogP contribution in [0.5, 0.6) is 5.75 Å². The molecule has 0 aliphatic heterocycles. The van der Waals surface area contributed by atoms with Crippen molar-refractivity contribution in [3.05, 3.63) is 53.1 Å². The van der Waals surface area contributed by atoms with E-state index in [2.05, 4.69) is 10.6 Å². The molecule has 0 heterocycles. The molecule has 0 unspecified atom stereocenters. The Bertz CT molecular complexity index is 783. The summed E-state index contributed by atoms with van der Waals surface area (Å²) in [5.41, 5.74) is 0.938. The average molecular weight is 395 g/mol. The molecular formula is C18H19ClN2O4S. The van der Waals surface area contributed by atoms with Crippen LogP contribution >= 0.6 is 23.4 Å². The highest BCUT2D eigenvalue weighted by atomic mass is 35.5. The molecule has 8 heteroatoms. The molecule has 138 valence electrons. The second-order valence-corrected chi connectivity index (χ2v) is 6.61. The maximum atomic E-state index is 12.0. The van der Waals surface area contributed by atoms with Crippen molar-refractivity contribution < 1.29 is 19.4 Å². The van der Waals surface area contributed by atoms with Gasteiger partial charge in [-0.2, -0.15) is 0 Å². The van der Waals surface area contributed by atoms with Gasteiger partial charge in [0.2, 0.25) is 0 Å². The third kappa shape index (κ3) is 5.39. The van der Waals surface area contributed by atoms with Gasteiger partial charge in [-0.15, -0.1) is 11.8 Å². The number of anilines is 1. The number of halogens is 1. The lowest BCUT2D eigenvalue weighted by atomic mass is 10.1. The number of carbonyl (C=O) groups is 2. The number of nitrogens with one attached hydrogen (secondary N) is 2. The Kier molecular flexibility index (Phi) is 7.32. The number of aliphatic hydroxyl groups is 1. The summed E-state index contributed by atoms with van der Waals surface area (Å²) in [6.07, 6.45) is 1.04. The van der Waals surface area contributed by atoms with Gasteiger partial charge in [0.05, 0.1) is 18.9 Å². The standard InChI is InChI=1S/C18H19ClN2O4S/c1-25-16-8-5-12(19)9-14(16)21-18(24)17(23)20-10-15(22)11-3-6-13(26-2)7-4-11/h3-9,15,22H,10H2,1-2H3,(H,20,23)(H,21,24)/t15-/m1/s1. The predicted octanol–water partition coefficient (Wildman–Crippen LogP) is 2.86. The van der Waals surface area contributed by atoms with Crippen LogP contribution in [0.3, 0.4) is 0 Å². The second kappa shape index (κ2) is 9.47. The third-order valence-corrected chi connectivity index (χ3v) is 4.55. The van der Waals surface area contributed by atoms with Crippen LogP contribution in [0.2, 0.25) is 5.02 Å². The fourth-order valence-electron chi connectivity index (χ4n) is 2.17. The fraction of sp³-hybridized carbons (Fsp3) is 0.222. The molecule has 0 radical (unpaired) electrons. The van der Waals surface area contributed by atoms with E-state index in [4.69, 9.17) is 16.3 Å².